The lowest BCUT2D eigenvalue weighted by molar-refractivity contribution is -0.115. The third-order valence-electron chi connectivity index (χ3n) is 5.33. The van der Waals surface area contributed by atoms with E-state index in [2.05, 4.69) is 15.5 Å². The Balaban J connectivity index is 1.26. The highest BCUT2D eigenvalue weighted by molar-refractivity contribution is 8.00. The number of amides is 1. The largest absolute Gasteiger partial charge is 0.485 e. The van der Waals surface area contributed by atoms with Crippen LogP contribution in [-0.2, 0) is 11.8 Å². The van der Waals surface area contributed by atoms with Gasteiger partial charge >= 0.3 is 0 Å². The van der Waals surface area contributed by atoms with Gasteiger partial charge in [-0.25, -0.2) is 0 Å². The zero-order chi connectivity index (χ0) is 22.1. The van der Waals surface area contributed by atoms with E-state index in [-0.39, 0.29) is 17.3 Å². The summed E-state index contributed by atoms with van der Waals surface area (Å²) in [6.07, 6.45) is -0.363. The predicted octanol–water partition coefficient (Wildman–Crippen LogP) is 4.60. The number of fused-ring (bicyclic) bond motifs is 2. The van der Waals surface area contributed by atoms with Crippen LogP contribution in [0, 0.1) is 0 Å². The average molecular weight is 447 g/mol. The Kier molecular flexibility index (Phi) is 5.45. The van der Waals surface area contributed by atoms with Crippen LogP contribution in [0.25, 0.3) is 10.8 Å². The summed E-state index contributed by atoms with van der Waals surface area (Å²) in [6, 6.07) is 21.5. The van der Waals surface area contributed by atoms with Gasteiger partial charge in [-0.3, -0.25) is 4.79 Å². The number of anilines is 1. The first-order chi connectivity index (χ1) is 15.6. The van der Waals surface area contributed by atoms with E-state index in [1.165, 1.54) is 11.8 Å². The summed E-state index contributed by atoms with van der Waals surface area (Å²) in [4.78, 5) is 12.8. The lowest BCUT2D eigenvalue weighted by Crippen LogP contribution is -2.25. The van der Waals surface area contributed by atoms with Crippen LogP contribution in [0.5, 0.6) is 11.5 Å². The molecule has 5 rings (SSSR count). The fourth-order valence-electron chi connectivity index (χ4n) is 3.58. The minimum Gasteiger partial charge on any atom is -0.485 e. The van der Waals surface area contributed by atoms with Gasteiger partial charge in [-0.1, -0.05) is 54.2 Å². The number of hydrogen-bond acceptors (Lipinski definition) is 6. The molecule has 1 aliphatic heterocycles. The summed E-state index contributed by atoms with van der Waals surface area (Å²) >= 11 is 1.35. The van der Waals surface area contributed by atoms with Gasteiger partial charge in [0.25, 0.3) is 0 Å². The van der Waals surface area contributed by atoms with Crippen LogP contribution in [0.3, 0.4) is 0 Å². The molecule has 0 fully saturated rings. The molecule has 0 spiro atoms. The highest BCUT2D eigenvalue weighted by Crippen LogP contribution is 2.36. The Morgan fingerprint density at radius 3 is 2.66 bits per heavy atom. The molecule has 4 aromatic rings. The minimum absolute atomic E-state index is 0.0963. The van der Waals surface area contributed by atoms with E-state index in [0.717, 1.165) is 22.2 Å². The molecular weight excluding hydrogens is 424 g/mol. The molecular formula is C24H22N4O3S. The minimum atomic E-state index is -0.363. The van der Waals surface area contributed by atoms with E-state index in [9.17, 15) is 4.79 Å². The molecule has 1 aromatic heterocycles. The Labute approximate surface area is 189 Å². The maximum absolute atomic E-state index is 12.8. The van der Waals surface area contributed by atoms with Crippen molar-refractivity contribution in [3.05, 3.63) is 72.6 Å². The second-order valence-corrected chi connectivity index (χ2v) is 8.88. The van der Waals surface area contributed by atoms with Gasteiger partial charge in [-0.05, 0) is 42.0 Å². The van der Waals surface area contributed by atoms with Crippen molar-refractivity contribution < 1.29 is 14.3 Å². The molecule has 2 atom stereocenters. The Morgan fingerprint density at radius 1 is 1.06 bits per heavy atom. The van der Waals surface area contributed by atoms with Crippen LogP contribution in [0.1, 0.15) is 18.9 Å². The number of benzene rings is 3. The maximum Gasteiger partial charge on any atom is 0.237 e. The number of para-hydroxylation sites is 2. The molecule has 162 valence electrons. The number of rotatable bonds is 5. The van der Waals surface area contributed by atoms with Crippen LogP contribution in [0.4, 0.5) is 5.69 Å². The number of thioether (sulfide) groups is 1. The fraction of sp³-hybridized carbons (Fsp3) is 0.208. The number of nitrogens with zero attached hydrogens (tertiary/aromatic N) is 3. The van der Waals surface area contributed by atoms with Crippen molar-refractivity contribution in [1.29, 1.82) is 0 Å². The monoisotopic (exact) mass is 446 g/mol. The van der Waals surface area contributed by atoms with E-state index in [0.29, 0.717) is 23.3 Å². The Bertz CT molecular complexity index is 1290. The van der Waals surface area contributed by atoms with Crippen molar-refractivity contribution in [1.82, 2.24) is 14.8 Å². The molecule has 7 nitrogen and oxygen atoms in total. The van der Waals surface area contributed by atoms with Crippen LogP contribution in [0.15, 0.2) is 71.9 Å². The molecule has 1 N–H and O–H groups in total. The van der Waals surface area contributed by atoms with E-state index in [1.54, 1.807) is 0 Å². The quantitative estimate of drug-likeness (QED) is 0.452. The molecule has 1 amide bonds. The lowest BCUT2D eigenvalue weighted by atomic mass is 10.1. The highest BCUT2D eigenvalue weighted by atomic mass is 32.2. The van der Waals surface area contributed by atoms with Gasteiger partial charge in [0.05, 0.1) is 5.25 Å². The topological polar surface area (TPSA) is 78.3 Å². The van der Waals surface area contributed by atoms with Crippen molar-refractivity contribution in [2.45, 2.75) is 23.4 Å². The summed E-state index contributed by atoms with van der Waals surface area (Å²) in [5.41, 5.74) is 0.770. The summed E-state index contributed by atoms with van der Waals surface area (Å²) in [7, 11) is 1.87. The van der Waals surface area contributed by atoms with Gasteiger partial charge < -0.3 is 19.4 Å². The molecule has 0 aliphatic carbocycles. The normalized spacial score (nSPS) is 16.0. The van der Waals surface area contributed by atoms with Crippen molar-refractivity contribution in [2.24, 2.45) is 7.05 Å². The standard InChI is InChI=1S/C24H22N4O3S/c1-15(23(29)25-18-12-11-16-7-3-4-8-17(16)13-18)32-24-27-26-22(28(24)2)21-14-30-19-9-5-6-10-20(19)31-21/h3-13,15,21H,14H2,1-2H3,(H,25,29). The number of carbonyl (C=O) groups is 1. The number of hydrogen-bond donors (Lipinski definition) is 1. The smallest absolute Gasteiger partial charge is 0.237 e. The predicted molar refractivity (Wildman–Crippen MR) is 124 cm³/mol. The molecule has 2 unspecified atom stereocenters. The lowest BCUT2D eigenvalue weighted by Gasteiger charge is -2.25. The summed E-state index contributed by atoms with van der Waals surface area (Å²) < 4.78 is 13.7. The van der Waals surface area contributed by atoms with E-state index in [1.807, 2.05) is 85.3 Å². The number of nitrogens with one attached hydrogen (secondary N) is 1. The molecule has 0 bridgehead atoms. The second kappa shape index (κ2) is 8.55. The zero-order valence-corrected chi connectivity index (χ0v) is 18.5. The van der Waals surface area contributed by atoms with E-state index >= 15 is 0 Å². The fourth-order valence-corrected chi connectivity index (χ4v) is 4.40. The van der Waals surface area contributed by atoms with Gasteiger partial charge in [0.15, 0.2) is 28.6 Å². The molecule has 2 heterocycles. The SMILES string of the molecule is CC(Sc1nnc(C2COc3ccccc3O2)n1C)C(=O)Nc1ccc2ccccc2c1. The Morgan fingerprint density at radius 2 is 1.81 bits per heavy atom. The number of carbonyl (C=O) groups excluding carboxylic acids is 1. The third kappa shape index (κ3) is 4.01. The number of aromatic nitrogens is 3. The molecule has 8 heteroatoms. The van der Waals surface area contributed by atoms with Gasteiger partial charge in [0.1, 0.15) is 6.61 Å². The van der Waals surface area contributed by atoms with Crippen molar-refractivity contribution in [3.63, 3.8) is 0 Å². The van der Waals surface area contributed by atoms with Gasteiger partial charge in [-0.2, -0.15) is 0 Å². The first-order valence-electron chi connectivity index (χ1n) is 10.3. The van der Waals surface area contributed by atoms with E-state index in [4.69, 9.17) is 9.47 Å². The van der Waals surface area contributed by atoms with Gasteiger partial charge in [-0.15, -0.1) is 10.2 Å². The number of ether oxygens (including phenoxy) is 2. The summed E-state index contributed by atoms with van der Waals surface area (Å²) in [5, 5.41) is 14.1. The van der Waals surface area contributed by atoms with Crippen LogP contribution in [-0.4, -0.2) is 32.5 Å². The molecule has 3 aromatic carbocycles. The maximum atomic E-state index is 12.8. The summed E-state index contributed by atoms with van der Waals surface area (Å²) in [5.74, 6) is 1.97. The molecule has 32 heavy (non-hydrogen) atoms. The van der Waals surface area contributed by atoms with E-state index < -0.39 is 0 Å². The van der Waals surface area contributed by atoms with Gasteiger partial charge in [0, 0.05) is 12.7 Å². The molecule has 0 saturated heterocycles. The molecule has 1 aliphatic rings. The third-order valence-corrected chi connectivity index (χ3v) is 6.47. The van der Waals surface area contributed by atoms with Crippen LogP contribution in [0.2, 0.25) is 0 Å². The van der Waals surface area contributed by atoms with Crippen molar-refractivity contribution >= 4 is 34.1 Å². The Hall–Kier alpha value is -3.52. The molecule has 0 radical (unpaired) electrons. The van der Waals surface area contributed by atoms with Gasteiger partial charge in [0.2, 0.25) is 5.91 Å². The van der Waals surface area contributed by atoms with Crippen molar-refractivity contribution in [3.8, 4) is 11.5 Å². The second-order valence-electron chi connectivity index (χ2n) is 7.58. The summed E-state index contributed by atoms with van der Waals surface area (Å²) in [6.45, 7) is 2.21. The van der Waals surface area contributed by atoms with Crippen LogP contribution >= 0.6 is 11.8 Å². The zero-order valence-electron chi connectivity index (χ0n) is 17.7. The first-order valence-corrected chi connectivity index (χ1v) is 11.2. The average Bonchev–Trinajstić information content (AvgIpc) is 3.18. The first kappa shape index (κ1) is 20.4. The van der Waals surface area contributed by atoms with Crippen molar-refractivity contribution in [2.75, 3.05) is 11.9 Å². The molecule has 0 saturated carbocycles. The van der Waals surface area contributed by atoms with Crippen LogP contribution < -0.4 is 14.8 Å². The highest BCUT2D eigenvalue weighted by Gasteiger charge is 2.28.